The molecule has 0 heterocycles. The van der Waals surface area contributed by atoms with Crippen LogP contribution in [-0.4, -0.2) is 187 Å². The van der Waals surface area contributed by atoms with Crippen LogP contribution in [0.2, 0.25) is 0 Å². The van der Waals surface area contributed by atoms with Crippen LogP contribution in [0.15, 0.2) is 91.0 Å². The second kappa shape index (κ2) is 44.3. The molecule has 0 aliphatic rings. The van der Waals surface area contributed by atoms with Gasteiger partial charge < -0.3 is 138 Å². The van der Waals surface area contributed by atoms with Crippen LogP contribution >= 0.6 is 0 Å². The molecule has 0 aliphatic carbocycles. The van der Waals surface area contributed by atoms with E-state index in [1.54, 1.807) is 0 Å². The number of nitrogens with two attached hydrogens (primary N) is 7. The lowest BCUT2D eigenvalue weighted by molar-refractivity contribution is -0.118. The predicted octanol–water partition coefficient (Wildman–Crippen LogP) is -0.641. The summed E-state index contributed by atoms with van der Waals surface area (Å²) in [6.07, 6.45) is 1.16. The van der Waals surface area contributed by atoms with E-state index in [9.17, 15) is 47.9 Å². The minimum atomic E-state index is -1.38. The van der Waals surface area contributed by atoms with Gasteiger partial charge in [-0.3, -0.25) is 75.0 Å². The number of anilines is 5. The standard InChI is InChI=1S/C70H98N26O15/c1-107-51-21-16-36(31-41(51)56(72)97)89-62(103)47(12-7-27-84-67(75)76)93-58(99)43-33-38(18-23-53(43)109-3)91-64(105)49(14-9-29-86-69(79)80)95-60(101)45-35-40(20-25-55(45)111-5)92-65(106)50(15-10-30-87-70(81)82)96-59(100)44-34-39(19-24-54(44)110-4)90-63(104)48(13-8-28-85-68(77)78)94-57(98)42-32-37(17-22-52(42)108-2)88-61(102)46(71)11-6-26-83-66(73)74/h16-25,31-35,46-50H,6-15,26-30,71H2,1-5H3,(H2,72,97)(H,88,102)(H,89,103)(H,90,104)(H,91,105)(H,92,106)(H,93,99)(H,94,98)(H,95,101)(H,96,100)(H4,73,74,83)(H4,75,76,84)(H4,77,78,85)(H4,79,80,86)(H4,81,82,87)/t46-,47-,48-,49-,50-/m1/s1. The van der Waals surface area contributed by atoms with E-state index < -0.39 is 89.3 Å². The summed E-state index contributed by atoms with van der Waals surface area (Å²) in [7, 11) is 6.49. The fourth-order valence-corrected chi connectivity index (χ4v) is 10.8. The van der Waals surface area contributed by atoms with E-state index in [1.807, 2.05) is 0 Å². The maximum absolute atomic E-state index is 14.6. The summed E-state index contributed by atoms with van der Waals surface area (Å²) in [5.74, 6) is -9.32. The molecule has 5 rings (SSSR count). The zero-order chi connectivity index (χ0) is 81.9. The summed E-state index contributed by atoms with van der Waals surface area (Å²) in [6, 6.07) is 14.3. The molecule has 5 atom stereocenters. The zero-order valence-corrected chi connectivity index (χ0v) is 61.8. The molecule has 0 bridgehead atoms. The van der Waals surface area contributed by atoms with Crippen LogP contribution in [0.3, 0.4) is 0 Å². The van der Waals surface area contributed by atoms with Gasteiger partial charge in [0.1, 0.15) is 52.9 Å². The molecule has 0 spiro atoms. The molecule has 111 heavy (non-hydrogen) atoms. The molecule has 5 aromatic carbocycles. The Morgan fingerprint density at radius 1 is 0.306 bits per heavy atom. The Bertz CT molecular complexity index is 4220. The lowest BCUT2D eigenvalue weighted by Crippen LogP contribution is -2.45. The number of methoxy groups -OCH3 is 5. The molecule has 0 radical (unpaired) electrons. The van der Waals surface area contributed by atoms with Gasteiger partial charge in [-0.15, -0.1) is 0 Å². The number of ether oxygens (including phenoxy) is 5. The van der Waals surface area contributed by atoms with E-state index in [-0.39, 0.29) is 199 Å². The molecule has 0 saturated heterocycles. The summed E-state index contributed by atoms with van der Waals surface area (Å²) in [4.78, 5) is 140. The van der Waals surface area contributed by atoms with Gasteiger partial charge in [-0.2, -0.15) is 0 Å². The first-order chi connectivity index (χ1) is 52.9. The maximum Gasteiger partial charge on any atom is 0.255 e. The molecule has 0 aliphatic heterocycles. The number of benzene rings is 5. The van der Waals surface area contributed by atoms with Crippen LogP contribution < -0.4 is 138 Å². The third-order valence-corrected chi connectivity index (χ3v) is 16.4. The summed E-state index contributed by atoms with van der Waals surface area (Å²) >= 11 is 0. The number of guanidine groups is 5. The van der Waals surface area contributed by atoms with Crippen molar-refractivity contribution in [2.45, 2.75) is 94.4 Å². The Hall–Kier alpha value is -13.9. The highest BCUT2D eigenvalue weighted by molar-refractivity contribution is 6.09. The highest BCUT2D eigenvalue weighted by Crippen LogP contribution is 2.29. The smallest absolute Gasteiger partial charge is 0.255 e. The van der Waals surface area contributed by atoms with Gasteiger partial charge in [-0.05, 0) is 155 Å². The number of amides is 10. The molecule has 41 nitrogen and oxygen atoms in total. The van der Waals surface area contributed by atoms with Crippen molar-refractivity contribution in [2.75, 3.05) is 94.9 Å². The second-order valence-electron chi connectivity index (χ2n) is 24.5. The molecule has 0 saturated carbocycles. The van der Waals surface area contributed by atoms with Crippen molar-refractivity contribution in [3.63, 3.8) is 0 Å². The lowest BCUT2D eigenvalue weighted by atomic mass is 10.1. The Balaban J connectivity index is 1.39. The fraction of sp³-hybridized carbons (Fsp3) is 0.357. The van der Waals surface area contributed by atoms with Crippen molar-refractivity contribution >= 4 is 117 Å². The number of hydrogen-bond donors (Lipinski definition) is 26. The van der Waals surface area contributed by atoms with E-state index in [2.05, 4.69) is 74.4 Å². The maximum atomic E-state index is 14.6. The van der Waals surface area contributed by atoms with Gasteiger partial charge in [-0.25, -0.2) is 0 Å². The molecule has 0 aromatic heterocycles. The normalized spacial score (nSPS) is 11.9. The first-order valence-corrected chi connectivity index (χ1v) is 34.5. The summed E-state index contributed by atoms with van der Waals surface area (Å²) in [6.45, 7) is 0.740. The monoisotopic (exact) mass is 1540 g/mol. The molecular formula is C70H98N26O15. The summed E-state index contributed by atoms with van der Waals surface area (Å²) in [5.41, 5.74) is 38.8. The number of primary amides is 1. The largest absolute Gasteiger partial charge is 0.496 e. The van der Waals surface area contributed by atoms with Crippen LogP contribution in [0.5, 0.6) is 28.7 Å². The van der Waals surface area contributed by atoms with Gasteiger partial charge in [0.15, 0.2) is 29.8 Å². The fourth-order valence-electron chi connectivity index (χ4n) is 10.8. The Kier molecular flexibility index (Phi) is 35.0. The molecule has 598 valence electrons. The SMILES string of the molecule is COc1ccc(NC(=O)[C@@H](CCCNC(=N)N)NC(=O)c2cc(NC(=O)[C@@H](CCCNC(=N)N)NC(=O)c3cc(NC(=O)[C@@H](CCCNC(=N)N)NC(=O)c4cc(NC(=O)[C@@H](CCCNC(=N)N)NC(=O)c5cc(NC(=O)[C@H](N)CCCNC(=N)N)ccc5OC)ccc4OC)ccc3OC)ccc2OC)cc1C(N)=O. The van der Waals surface area contributed by atoms with Crippen LogP contribution in [0.1, 0.15) is 116 Å². The average Bonchev–Trinajstić information content (AvgIpc) is 0.833. The van der Waals surface area contributed by atoms with E-state index >= 15 is 0 Å². The molecule has 10 amide bonds. The highest BCUT2D eigenvalue weighted by Gasteiger charge is 2.31. The summed E-state index contributed by atoms with van der Waals surface area (Å²) in [5, 5.41) is 75.3. The van der Waals surface area contributed by atoms with E-state index in [0.717, 1.165) is 0 Å². The van der Waals surface area contributed by atoms with Crippen LogP contribution in [0.4, 0.5) is 28.4 Å². The number of rotatable bonds is 44. The van der Waals surface area contributed by atoms with Crippen molar-refractivity contribution in [1.29, 1.82) is 27.0 Å². The van der Waals surface area contributed by atoms with Crippen molar-refractivity contribution in [3.8, 4) is 28.7 Å². The quantitative estimate of drug-likeness (QED) is 0.0131. The van der Waals surface area contributed by atoms with Gasteiger partial charge in [0.05, 0.1) is 69.4 Å². The Morgan fingerprint density at radius 3 is 0.712 bits per heavy atom. The van der Waals surface area contributed by atoms with Crippen molar-refractivity contribution in [3.05, 3.63) is 119 Å². The first kappa shape index (κ1) is 87.7. The third kappa shape index (κ3) is 28.7. The van der Waals surface area contributed by atoms with Gasteiger partial charge in [0.2, 0.25) is 29.5 Å². The topological polar surface area (TPSA) is 687 Å². The molecule has 5 aromatic rings. The van der Waals surface area contributed by atoms with Crippen LogP contribution in [0.25, 0.3) is 0 Å². The Morgan fingerprint density at radius 2 is 0.505 bits per heavy atom. The number of nitrogens with one attached hydrogen (secondary N) is 19. The van der Waals surface area contributed by atoms with Gasteiger partial charge in [0, 0.05) is 61.2 Å². The van der Waals surface area contributed by atoms with Crippen LogP contribution in [0, 0.1) is 27.0 Å². The number of carbonyl (C=O) groups excluding carboxylic acids is 10. The van der Waals surface area contributed by atoms with Crippen LogP contribution in [-0.2, 0) is 24.0 Å². The first-order valence-electron chi connectivity index (χ1n) is 34.5. The average molecular weight is 1540 g/mol. The predicted molar refractivity (Wildman–Crippen MR) is 415 cm³/mol. The van der Waals surface area contributed by atoms with E-state index in [0.29, 0.717) is 13.0 Å². The minimum Gasteiger partial charge on any atom is -0.496 e. The molecule has 33 N–H and O–H groups in total. The zero-order valence-electron chi connectivity index (χ0n) is 61.8. The number of hydrogen-bond acceptors (Lipinski definition) is 21. The van der Waals surface area contributed by atoms with Gasteiger partial charge in [0.25, 0.3) is 29.5 Å². The summed E-state index contributed by atoms with van der Waals surface area (Å²) < 4.78 is 27.3. The molecule has 0 unspecified atom stereocenters. The van der Waals surface area contributed by atoms with Gasteiger partial charge in [-0.1, -0.05) is 0 Å². The van der Waals surface area contributed by atoms with Crippen molar-refractivity contribution < 1.29 is 71.6 Å². The third-order valence-electron chi connectivity index (χ3n) is 16.4. The molecular weight excluding hydrogens is 1440 g/mol. The van der Waals surface area contributed by atoms with Crippen molar-refractivity contribution in [1.82, 2.24) is 47.9 Å². The van der Waals surface area contributed by atoms with E-state index in [1.165, 1.54) is 127 Å². The molecule has 41 heteroatoms. The highest BCUT2D eigenvalue weighted by atomic mass is 16.5. The second-order valence-corrected chi connectivity index (χ2v) is 24.5. The lowest BCUT2D eigenvalue weighted by Gasteiger charge is -2.22. The minimum absolute atomic E-state index is 0.0000625. The van der Waals surface area contributed by atoms with Crippen molar-refractivity contribution in [2.24, 2.45) is 40.1 Å². The van der Waals surface area contributed by atoms with Gasteiger partial charge >= 0.3 is 0 Å². The van der Waals surface area contributed by atoms with E-state index in [4.69, 9.17) is 90.9 Å². The Labute approximate surface area is 638 Å². The molecule has 0 fully saturated rings. The number of carbonyl (C=O) groups is 10.